The molecule has 0 atom stereocenters. The Morgan fingerprint density at radius 3 is 3.20 bits per heavy atom. The summed E-state index contributed by atoms with van der Waals surface area (Å²) in [6.07, 6.45) is 5.62. The van der Waals surface area contributed by atoms with Gasteiger partial charge >= 0.3 is 0 Å². The van der Waals surface area contributed by atoms with Crippen LogP contribution in [0.25, 0.3) is 5.65 Å². The van der Waals surface area contributed by atoms with Crippen LogP contribution in [0.5, 0.6) is 0 Å². The van der Waals surface area contributed by atoms with Crippen molar-refractivity contribution < 1.29 is 0 Å². The van der Waals surface area contributed by atoms with Crippen LogP contribution in [0, 0.1) is 0 Å². The first-order chi connectivity index (χ1) is 7.31. The first-order valence-electron chi connectivity index (χ1n) is 5.02. The summed E-state index contributed by atoms with van der Waals surface area (Å²) in [5.41, 5.74) is 6.32. The predicted octanol–water partition coefficient (Wildman–Crippen LogP) is 0.918. The Balaban J connectivity index is 2.21. The van der Waals surface area contributed by atoms with Crippen molar-refractivity contribution in [2.75, 3.05) is 17.6 Å². The van der Waals surface area contributed by atoms with Crippen molar-refractivity contribution >= 4 is 17.4 Å². The van der Waals surface area contributed by atoms with E-state index >= 15 is 0 Å². The quantitative estimate of drug-likeness (QED) is 0.727. The lowest BCUT2D eigenvalue weighted by atomic mass is 10.3. The smallest absolute Gasteiger partial charge is 0.243 e. The van der Waals surface area contributed by atoms with Gasteiger partial charge in [-0.3, -0.25) is 0 Å². The normalized spacial score (nSPS) is 10.7. The zero-order valence-electron chi connectivity index (χ0n) is 8.64. The summed E-state index contributed by atoms with van der Waals surface area (Å²) < 4.78 is 1.62. The van der Waals surface area contributed by atoms with Crippen LogP contribution in [-0.4, -0.2) is 26.1 Å². The van der Waals surface area contributed by atoms with E-state index in [1.807, 2.05) is 0 Å². The summed E-state index contributed by atoms with van der Waals surface area (Å²) in [6, 6.07) is 0. The van der Waals surface area contributed by atoms with Crippen molar-refractivity contribution in [2.45, 2.75) is 19.8 Å². The molecule has 15 heavy (non-hydrogen) atoms. The van der Waals surface area contributed by atoms with Crippen molar-refractivity contribution in [1.29, 1.82) is 0 Å². The molecule has 0 bridgehead atoms. The van der Waals surface area contributed by atoms with Crippen LogP contribution in [-0.2, 0) is 0 Å². The lowest BCUT2D eigenvalue weighted by Gasteiger charge is -2.04. The number of aromatic nitrogens is 4. The van der Waals surface area contributed by atoms with Gasteiger partial charge in [-0.05, 0) is 6.42 Å². The molecule has 0 aromatic carbocycles. The molecule has 2 aromatic heterocycles. The zero-order valence-corrected chi connectivity index (χ0v) is 8.64. The summed E-state index contributed by atoms with van der Waals surface area (Å²) in [4.78, 5) is 8.16. The van der Waals surface area contributed by atoms with E-state index in [-0.39, 0.29) is 0 Å². The molecule has 0 unspecified atom stereocenters. The molecule has 0 saturated carbocycles. The largest absolute Gasteiger partial charge is 0.380 e. The molecule has 0 aliphatic rings. The van der Waals surface area contributed by atoms with E-state index < -0.39 is 0 Å². The summed E-state index contributed by atoms with van der Waals surface area (Å²) >= 11 is 0. The Labute approximate surface area is 87.5 Å². The minimum absolute atomic E-state index is 0.397. The number of fused-ring (bicyclic) bond motifs is 1. The van der Waals surface area contributed by atoms with Gasteiger partial charge in [-0.2, -0.15) is 4.98 Å². The van der Waals surface area contributed by atoms with Crippen molar-refractivity contribution in [3.8, 4) is 0 Å². The summed E-state index contributed by atoms with van der Waals surface area (Å²) in [6.45, 7) is 2.99. The minimum atomic E-state index is 0.397. The van der Waals surface area contributed by atoms with Gasteiger partial charge in [-0.1, -0.05) is 13.3 Å². The van der Waals surface area contributed by atoms with Crippen LogP contribution in [0.4, 0.5) is 11.8 Å². The fourth-order valence-electron chi connectivity index (χ4n) is 1.30. The summed E-state index contributed by atoms with van der Waals surface area (Å²) in [5.74, 6) is 0.945. The van der Waals surface area contributed by atoms with Gasteiger partial charge in [-0.25, -0.2) is 9.50 Å². The number of rotatable bonds is 4. The fraction of sp³-hybridized carbons (Fsp3) is 0.444. The van der Waals surface area contributed by atoms with Crippen molar-refractivity contribution in [3.63, 3.8) is 0 Å². The summed E-state index contributed by atoms with van der Waals surface area (Å²) in [5, 5.41) is 7.34. The standard InChI is InChI=1S/C9H14N6/c1-2-3-4-12-9-13-7(10)8-11-5-6-15(8)14-9/h5-6H,2-4H2,1H3,(H3,10,12,13,14). The van der Waals surface area contributed by atoms with E-state index in [0.29, 0.717) is 17.4 Å². The zero-order chi connectivity index (χ0) is 10.7. The van der Waals surface area contributed by atoms with E-state index in [1.165, 1.54) is 0 Å². The van der Waals surface area contributed by atoms with E-state index in [2.05, 4.69) is 27.3 Å². The highest BCUT2D eigenvalue weighted by molar-refractivity contribution is 5.60. The van der Waals surface area contributed by atoms with Gasteiger partial charge in [0.1, 0.15) is 0 Å². The second kappa shape index (κ2) is 4.12. The molecule has 80 valence electrons. The maximum atomic E-state index is 5.73. The Morgan fingerprint density at radius 2 is 2.40 bits per heavy atom. The average Bonchev–Trinajstić information content (AvgIpc) is 2.66. The highest BCUT2D eigenvalue weighted by Gasteiger charge is 2.04. The number of nitrogens with one attached hydrogen (secondary N) is 1. The van der Waals surface area contributed by atoms with Gasteiger partial charge in [0.25, 0.3) is 0 Å². The van der Waals surface area contributed by atoms with Crippen molar-refractivity contribution in [3.05, 3.63) is 12.4 Å². The van der Waals surface area contributed by atoms with Gasteiger partial charge < -0.3 is 11.1 Å². The molecule has 0 aliphatic carbocycles. The monoisotopic (exact) mass is 206 g/mol. The van der Waals surface area contributed by atoms with E-state index in [1.54, 1.807) is 16.9 Å². The molecule has 0 aliphatic heterocycles. The lowest BCUT2D eigenvalue weighted by Crippen LogP contribution is -2.09. The molecule has 0 radical (unpaired) electrons. The number of hydrogen-bond donors (Lipinski definition) is 2. The average molecular weight is 206 g/mol. The molecule has 2 heterocycles. The molecule has 0 saturated heterocycles. The van der Waals surface area contributed by atoms with Crippen LogP contribution in [0.15, 0.2) is 12.4 Å². The van der Waals surface area contributed by atoms with Gasteiger partial charge in [0.2, 0.25) is 5.95 Å². The lowest BCUT2D eigenvalue weighted by molar-refractivity contribution is 0.813. The maximum Gasteiger partial charge on any atom is 0.243 e. The van der Waals surface area contributed by atoms with E-state index in [9.17, 15) is 0 Å². The number of nitrogens with zero attached hydrogens (tertiary/aromatic N) is 4. The Bertz CT molecular complexity index is 449. The predicted molar refractivity (Wildman–Crippen MR) is 58.6 cm³/mol. The molecule has 0 spiro atoms. The van der Waals surface area contributed by atoms with Crippen LogP contribution in [0.1, 0.15) is 19.8 Å². The van der Waals surface area contributed by atoms with Crippen molar-refractivity contribution in [1.82, 2.24) is 19.6 Å². The summed E-state index contributed by atoms with van der Waals surface area (Å²) in [7, 11) is 0. The van der Waals surface area contributed by atoms with E-state index in [0.717, 1.165) is 19.4 Å². The second-order valence-corrected chi connectivity index (χ2v) is 3.30. The molecule has 0 amide bonds. The molecule has 6 heteroatoms. The molecule has 2 aromatic rings. The highest BCUT2D eigenvalue weighted by atomic mass is 15.3. The SMILES string of the molecule is CCCCNc1nc(N)c2nccn2n1. The first-order valence-corrected chi connectivity index (χ1v) is 5.02. The molecule has 2 rings (SSSR count). The third-order valence-electron chi connectivity index (χ3n) is 2.09. The Kier molecular flexibility index (Phi) is 2.66. The number of hydrogen-bond acceptors (Lipinski definition) is 5. The number of imidazole rings is 1. The number of unbranched alkanes of at least 4 members (excludes halogenated alkanes) is 1. The molecule has 6 nitrogen and oxygen atoms in total. The molecular weight excluding hydrogens is 192 g/mol. The van der Waals surface area contributed by atoms with E-state index in [4.69, 9.17) is 5.73 Å². The fourth-order valence-corrected chi connectivity index (χ4v) is 1.30. The van der Waals surface area contributed by atoms with Crippen LogP contribution in [0.3, 0.4) is 0 Å². The molecule has 3 N–H and O–H groups in total. The minimum Gasteiger partial charge on any atom is -0.380 e. The molecule has 0 fully saturated rings. The second-order valence-electron chi connectivity index (χ2n) is 3.30. The Hall–Kier alpha value is -1.85. The van der Waals surface area contributed by atoms with Crippen LogP contribution in [0.2, 0.25) is 0 Å². The maximum absolute atomic E-state index is 5.73. The molecular formula is C9H14N6. The van der Waals surface area contributed by atoms with Gasteiger partial charge in [0.15, 0.2) is 11.5 Å². The number of nitrogens with two attached hydrogens (primary N) is 1. The third-order valence-corrected chi connectivity index (χ3v) is 2.09. The van der Waals surface area contributed by atoms with Crippen molar-refractivity contribution in [2.24, 2.45) is 0 Å². The topological polar surface area (TPSA) is 81.1 Å². The van der Waals surface area contributed by atoms with Crippen LogP contribution >= 0.6 is 0 Å². The van der Waals surface area contributed by atoms with Gasteiger partial charge in [0, 0.05) is 18.9 Å². The first kappa shape index (κ1) is 9.70. The van der Waals surface area contributed by atoms with Gasteiger partial charge in [0.05, 0.1) is 0 Å². The number of nitrogen functional groups attached to an aromatic ring is 1. The van der Waals surface area contributed by atoms with Gasteiger partial charge in [-0.15, -0.1) is 5.10 Å². The third kappa shape index (κ3) is 1.98. The van der Waals surface area contributed by atoms with Crippen LogP contribution < -0.4 is 11.1 Å². The number of anilines is 2. The highest BCUT2D eigenvalue weighted by Crippen LogP contribution is 2.09. The Morgan fingerprint density at radius 1 is 1.53 bits per heavy atom.